The van der Waals surface area contributed by atoms with Crippen molar-refractivity contribution in [2.75, 3.05) is 0 Å². The highest BCUT2D eigenvalue weighted by molar-refractivity contribution is 5.66. The minimum Gasteiger partial charge on any atom is -0.481 e. The van der Waals surface area contributed by atoms with Crippen LogP contribution in [0, 0.1) is 5.92 Å². The summed E-state index contributed by atoms with van der Waals surface area (Å²) in [6, 6.07) is 0. The molecule has 1 saturated carbocycles. The highest BCUT2D eigenvalue weighted by Crippen LogP contribution is 2.27. The second-order valence-corrected chi connectivity index (χ2v) is 7.78. The monoisotopic (exact) mass is 352 g/mol. The van der Waals surface area contributed by atoms with Crippen molar-refractivity contribution in [2.24, 2.45) is 5.92 Å². The predicted molar refractivity (Wildman–Crippen MR) is 105 cm³/mol. The van der Waals surface area contributed by atoms with Crippen LogP contribution < -0.4 is 0 Å². The van der Waals surface area contributed by atoms with Gasteiger partial charge in [0.15, 0.2) is 0 Å². The smallest absolute Gasteiger partial charge is 0.303 e. The topological polar surface area (TPSA) is 57.5 Å². The fourth-order valence-electron chi connectivity index (χ4n) is 3.82. The third kappa shape index (κ3) is 13.1. The van der Waals surface area contributed by atoms with Crippen molar-refractivity contribution in [3.8, 4) is 0 Å². The minimum atomic E-state index is -0.668. The summed E-state index contributed by atoms with van der Waals surface area (Å²) in [4.78, 5) is 10.4. The molecule has 0 amide bonds. The zero-order chi connectivity index (χ0) is 18.2. The molecule has 1 aliphatic carbocycles. The summed E-state index contributed by atoms with van der Waals surface area (Å²) < 4.78 is 0. The molecule has 25 heavy (non-hydrogen) atoms. The number of aliphatic hydroxyl groups excluding tert-OH is 1. The first-order valence-electron chi connectivity index (χ1n) is 10.8. The van der Waals surface area contributed by atoms with Crippen LogP contribution >= 0.6 is 0 Å². The van der Waals surface area contributed by atoms with E-state index in [1.54, 1.807) is 0 Å². The number of unbranched alkanes of at least 4 members (excludes halogenated alkanes) is 10. The van der Waals surface area contributed by atoms with Crippen LogP contribution in [0.15, 0.2) is 12.2 Å². The quantitative estimate of drug-likeness (QED) is 0.270. The Morgan fingerprint density at radius 2 is 1.36 bits per heavy atom. The van der Waals surface area contributed by atoms with Crippen molar-refractivity contribution in [1.82, 2.24) is 0 Å². The summed E-state index contributed by atoms with van der Waals surface area (Å²) in [7, 11) is 0. The summed E-state index contributed by atoms with van der Waals surface area (Å²) in [5.41, 5.74) is 0. The normalized spacial score (nSPS) is 17.2. The van der Waals surface area contributed by atoms with Crippen LogP contribution in [0.25, 0.3) is 0 Å². The lowest BCUT2D eigenvalue weighted by Crippen LogP contribution is -2.20. The molecule has 0 radical (unpaired) electrons. The Kier molecular flexibility index (Phi) is 13.7. The second-order valence-electron chi connectivity index (χ2n) is 7.78. The molecule has 1 aliphatic rings. The summed E-state index contributed by atoms with van der Waals surface area (Å²) in [5.74, 6) is -0.160. The first-order chi connectivity index (χ1) is 12.2. The molecule has 1 atom stereocenters. The van der Waals surface area contributed by atoms with Gasteiger partial charge in [-0.15, -0.1) is 0 Å². The van der Waals surface area contributed by atoms with E-state index in [-0.39, 0.29) is 6.10 Å². The SMILES string of the molecule is O=C(O)CCCCCCCCCCCCC=C[C@H](O)C1CCCCC1. The molecule has 0 heterocycles. The van der Waals surface area contributed by atoms with Gasteiger partial charge in [-0.05, 0) is 38.0 Å². The lowest BCUT2D eigenvalue weighted by atomic mass is 9.85. The summed E-state index contributed by atoms with van der Waals surface area (Å²) in [6.07, 6.45) is 23.9. The Labute approximate surface area is 154 Å². The lowest BCUT2D eigenvalue weighted by Gasteiger charge is -2.24. The van der Waals surface area contributed by atoms with Gasteiger partial charge in [-0.2, -0.15) is 0 Å². The summed E-state index contributed by atoms with van der Waals surface area (Å²) in [6.45, 7) is 0. The Morgan fingerprint density at radius 3 is 1.92 bits per heavy atom. The van der Waals surface area contributed by atoms with Crippen LogP contribution in [0.1, 0.15) is 109 Å². The number of hydrogen-bond donors (Lipinski definition) is 2. The van der Waals surface area contributed by atoms with E-state index >= 15 is 0 Å². The van der Waals surface area contributed by atoms with Crippen LogP contribution in [-0.4, -0.2) is 22.3 Å². The zero-order valence-corrected chi connectivity index (χ0v) is 16.1. The number of hydrogen-bond acceptors (Lipinski definition) is 2. The van der Waals surface area contributed by atoms with E-state index in [1.165, 1.54) is 83.5 Å². The van der Waals surface area contributed by atoms with Crippen LogP contribution in [0.3, 0.4) is 0 Å². The Hall–Kier alpha value is -0.830. The van der Waals surface area contributed by atoms with E-state index < -0.39 is 5.97 Å². The fourth-order valence-corrected chi connectivity index (χ4v) is 3.82. The summed E-state index contributed by atoms with van der Waals surface area (Å²) in [5, 5.41) is 18.7. The van der Waals surface area contributed by atoms with Crippen molar-refractivity contribution in [3.05, 3.63) is 12.2 Å². The molecule has 0 bridgehead atoms. The van der Waals surface area contributed by atoms with Gasteiger partial charge >= 0.3 is 5.97 Å². The average Bonchev–Trinajstić information content (AvgIpc) is 2.62. The number of carboxylic acids is 1. The number of rotatable bonds is 15. The Bertz CT molecular complexity index is 345. The molecule has 0 spiro atoms. The van der Waals surface area contributed by atoms with Crippen molar-refractivity contribution in [1.29, 1.82) is 0 Å². The molecule has 1 fully saturated rings. The maximum atomic E-state index is 10.4. The number of aliphatic carboxylic acids is 1. The van der Waals surface area contributed by atoms with E-state index in [0.717, 1.165) is 19.3 Å². The van der Waals surface area contributed by atoms with Gasteiger partial charge in [-0.1, -0.05) is 82.8 Å². The van der Waals surface area contributed by atoms with Crippen LogP contribution in [0.5, 0.6) is 0 Å². The standard InChI is InChI=1S/C22H40O3/c23-21(20-16-12-11-13-17-20)18-14-9-7-5-3-1-2-4-6-8-10-15-19-22(24)25/h14,18,20-21,23H,1-13,15-17,19H2,(H,24,25)/t21-/m0/s1. The molecular weight excluding hydrogens is 312 g/mol. The van der Waals surface area contributed by atoms with Crippen molar-refractivity contribution < 1.29 is 15.0 Å². The van der Waals surface area contributed by atoms with Gasteiger partial charge in [-0.3, -0.25) is 4.79 Å². The molecule has 0 aromatic carbocycles. The van der Waals surface area contributed by atoms with E-state index in [1.807, 2.05) is 6.08 Å². The second kappa shape index (κ2) is 15.4. The van der Waals surface area contributed by atoms with Crippen LogP contribution in [0.2, 0.25) is 0 Å². The third-order valence-corrected chi connectivity index (χ3v) is 5.48. The minimum absolute atomic E-state index is 0.212. The first-order valence-corrected chi connectivity index (χ1v) is 10.8. The maximum absolute atomic E-state index is 10.4. The Balaban J connectivity index is 1.81. The van der Waals surface area contributed by atoms with Gasteiger partial charge in [0.2, 0.25) is 0 Å². The number of allylic oxidation sites excluding steroid dienone is 1. The van der Waals surface area contributed by atoms with Gasteiger partial charge in [0.1, 0.15) is 0 Å². The molecule has 3 heteroatoms. The van der Waals surface area contributed by atoms with E-state index in [4.69, 9.17) is 5.11 Å². The van der Waals surface area contributed by atoms with Gasteiger partial charge in [0, 0.05) is 6.42 Å². The lowest BCUT2D eigenvalue weighted by molar-refractivity contribution is -0.137. The van der Waals surface area contributed by atoms with Gasteiger partial charge in [0.25, 0.3) is 0 Å². The molecule has 2 N–H and O–H groups in total. The number of carbonyl (C=O) groups is 1. The largest absolute Gasteiger partial charge is 0.481 e. The molecule has 1 rings (SSSR count). The third-order valence-electron chi connectivity index (χ3n) is 5.48. The molecular formula is C22H40O3. The van der Waals surface area contributed by atoms with Gasteiger partial charge in [-0.25, -0.2) is 0 Å². The molecule has 0 aromatic heterocycles. The average molecular weight is 353 g/mol. The van der Waals surface area contributed by atoms with Crippen molar-refractivity contribution in [3.63, 3.8) is 0 Å². The maximum Gasteiger partial charge on any atom is 0.303 e. The predicted octanol–water partition coefficient (Wildman–Crippen LogP) is 6.25. The van der Waals surface area contributed by atoms with Crippen LogP contribution in [0.4, 0.5) is 0 Å². The zero-order valence-electron chi connectivity index (χ0n) is 16.1. The molecule has 146 valence electrons. The number of carboxylic acid groups (broad SMARTS) is 1. The van der Waals surface area contributed by atoms with E-state index in [9.17, 15) is 9.90 Å². The first kappa shape index (κ1) is 22.2. The molecule has 0 unspecified atom stereocenters. The molecule has 0 aliphatic heterocycles. The van der Waals surface area contributed by atoms with Crippen molar-refractivity contribution in [2.45, 2.75) is 115 Å². The Morgan fingerprint density at radius 1 is 0.840 bits per heavy atom. The van der Waals surface area contributed by atoms with Crippen molar-refractivity contribution >= 4 is 5.97 Å². The number of aliphatic hydroxyl groups is 1. The van der Waals surface area contributed by atoms with Gasteiger partial charge in [0.05, 0.1) is 6.10 Å². The highest BCUT2D eigenvalue weighted by atomic mass is 16.4. The molecule has 0 aromatic rings. The van der Waals surface area contributed by atoms with E-state index in [2.05, 4.69) is 6.08 Å². The van der Waals surface area contributed by atoms with E-state index in [0.29, 0.717) is 12.3 Å². The molecule has 3 nitrogen and oxygen atoms in total. The van der Waals surface area contributed by atoms with Gasteiger partial charge < -0.3 is 10.2 Å². The van der Waals surface area contributed by atoms with Crippen LogP contribution in [-0.2, 0) is 4.79 Å². The fraction of sp³-hybridized carbons (Fsp3) is 0.864. The highest BCUT2D eigenvalue weighted by Gasteiger charge is 2.19. The summed E-state index contributed by atoms with van der Waals surface area (Å²) >= 11 is 0. The molecule has 0 saturated heterocycles.